The highest BCUT2D eigenvalue weighted by molar-refractivity contribution is 5.98. The molecule has 1 aliphatic rings. The maximum Gasteiger partial charge on any atom is 0.336 e. The first-order valence-electron chi connectivity index (χ1n) is 8.30. The van der Waals surface area contributed by atoms with Crippen molar-refractivity contribution in [2.75, 3.05) is 13.1 Å². The molecule has 1 saturated heterocycles. The number of carboxylic acid groups (broad SMARTS) is 1. The van der Waals surface area contributed by atoms with E-state index >= 15 is 0 Å². The second-order valence-electron chi connectivity index (χ2n) is 6.23. The van der Waals surface area contributed by atoms with Gasteiger partial charge in [-0.25, -0.2) is 4.79 Å². The van der Waals surface area contributed by atoms with Crippen LogP contribution in [0.25, 0.3) is 11.1 Å². The molecule has 124 valence electrons. The summed E-state index contributed by atoms with van der Waals surface area (Å²) in [5.41, 5.74) is 3.19. The largest absolute Gasteiger partial charge is 0.478 e. The van der Waals surface area contributed by atoms with E-state index in [9.17, 15) is 14.7 Å². The fourth-order valence-corrected chi connectivity index (χ4v) is 3.26. The summed E-state index contributed by atoms with van der Waals surface area (Å²) in [4.78, 5) is 25.9. The van der Waals surface area contributed by atoms with Gasteiger partial charge in [0.2, 0.25) is 0 Å². The quantitative estimate of drug-likeness (QED) is 0.929. The summed E-state index contributed by atoms with van der Waals surface area (Å²) in [5.74, 6) is -0.875. The van der Waals surface area contributed by atoms with Gasteiger partial charge in [0.25, 0.3) is 5.91 Å². The molecule has 2 aromatic carbocycles. The lowest BCUT2D eigenvalue weighted by atomic mass is 9.95. The Morgan fingerprint density at radius 3 is 2.25 bits per heavy atom. The maximum absolute atomic E-state index is 12.5. The van der Waals surface area contributed by atoms with E-state index in [1.165, 1.54) is 6.42 Å². The Kier molecular flexibility index (Phi) is 4.65. The van der Waals surface area contributed by atoms with E-state index < -0.39 is 5.97 Å². The van der Waals surface area contributed by atoms with Crippen molar-refractivity contribution in [1.82, 2.24) is 4.90 Å². The van der Waals surface area contributed by atoms with Crippen LogP contribution < -0.4 is 0 Å². The molecule has 0 spiro atoms. The zero-order chi connectivity index (χ0) is 17.1. The van der Waals surface area contributed by atoms with Crippen LogP contribution in [0.5, 0.6) is 0 Å². The SMILES string of the molecule is Cc1cccc(-c2ccc(C(=O)N3CCCCC3)cc2)c1C(=O)O. The van der Waals surface area contributed by atoms with Crippen molar-refractivity contribution in [3.8, 4) is 11.1 Å². The standard InChI is InChI=1S/C20H21NO3/c1-14-6-5-7-17(18(14)20(23)24)15-8-10-16(11-9-15)19(22)21-12-3-2-4-13-21/h5-11H,2-4,12-13H2,1H3,(H,23,24). The van der Waals surface area contributed by atoms with Gasteiger partial charge in [0, 0.05) is 18.7 Å². The second-order valence-corrected chi connectivity index (χ2v) is 6.23. The summed E-state index contributed by atoms with van der Waals surface area (Å²) < 4.78 is 0. The summed E-state index contributed by atoms with van der Waals surface area (Å²) in [6.45, 7) is 3.43. The number of rotatable bonds is 3. The third-order valence-corrected chi connectivity index (χ3v) is 4.57. The van der Waals surface area contributed by atoms with Gasteiger partial charge in [0.15, 0.2) is 0 Å². The van der Waals surface area contributed by atoms with E-state index in [2.05, 4.69) is 0 Å². The molecule has 24 heavy (non-hydrogen) atoms. The average molecular weight is 323 g/mol. The van der Waals surface area contributed by atoms with Crippen molar-refractivity contribution in [3.63, 3.8) is 0 Å². The first-order chi connectivity index (χ1) is 11.6. The van der Waals surface area contributed by atoms with Crippen LogP contribution in [0.15, 0.2) is 42.5 Å². The molecule has 1 N–H and O–H groups in total. The molecule has 2 aromatic rings. The van der Waals surface area contributed by atoms with Gasteiger partial charge in [-0.2, -0.15) is 0 Å². The molecule has 1 aliphatic heterocycles. The van der Waals surface area contributed by atoms with Crippen LogP contribution in [0.4, 0.5) is 0 Å². The number of hydrogen-bond acceptors (Lipinski definition) is 2. The highest BCUT2D eigenvalue weighted by Gasteiger charge is 2.19. The van der Waals surface area contributed by atoms with Gasteiger partial charge in [-0.1, -0.05) is 30.3 Å². The lowest BCUT2D eigenvalue weighted by Crippen LogP contribution is -2.35. The van der Waals surface area contributed by atoms with Gasteiger partial charge in [-0.3, -0.25) is 4.79 Å². The number of aryl methyl sites for hydroxylation is 1. The van der Waals surface area contributed by atoms with E-state index in [1.54, 1.807) is 31.2 Å². The Morgan fingerprint density at radius 2 is 1.62 bits per heavy atom. The third kappa shape index (κ3) is 3.18. The molecule has 0 aliphatic carbocycles. The first kappa shape index (κ1) is 16.2. The first-order valence-corrected chi connectivity index (χ1v) is 8.30. The summed E-state index contributed by atoms with van der Waals surface area (Å²) >= 11 is 0. The number of aromatic carboxylic acids is 1. The van der Waals surface area contributed by atoms with Gasteiger partial charge in [-0.05, 0) is 55.0 Å². The number of hydrogen-bond donors (Lipinski definition) is 1. The summed E-state index contributed by atoms with van der Waals surface area (Å²) in [6.07, 6.45) is 3.32. The van der Waals surface area contributed by atoms with E-state index in [-0.39, 0.29) is 5.91 Å². The van der Waals surface area contributed by atoms with Crippen molar-refractivity contribution < 1.29 is 14.7 Å². The van der Waals surface area contributed by atoms with Crippen LogP contribution >= 0.6 is 0 Å². The zero-order valence-electron chi connectivity index (χ0n) is 13.8. The predicted octanol–water partition coefficient (Wildman–Crippen LogP) is 3.99. The van der Waals surface area contributed by atoms with Crippen molar-refractivity contribution in [2.24, 2.45) is 0 Å². The predicted molar refractivity (Wildman–Crippen MR) is 93.3 cm³/mol. The van der Waals surface area contributed by atoms with Crippen LogP contribution in [0.3, 0.4) is 0 Å². The molecule has 1 heterocycles. The molecule has 0 unspecified atom stereocenters. The van der Waals surface area contributed by atoms with Crippen molar-refractivity contribution in [1.29, 1.82) is 0 Å². The molecule has 0 atom stereocenters. The number of likely N-dealkylation sites (tertiary alicyclic amines) is 1. The number of benzene rings is 2. The third-order valence-electron chi connectivity index (χ3n) is 4.57. The fraction of sp³-hybridized carbons (Fsp3) is 0.300. The topological polar surface area (TPSA) is 57.6 Å². The Labute approximate surface area is 141 Å². The molecular weight excluding hydrogens is 302 g/mol. The van der Waals surface area contributed by atoms with E-state index in [4.69, 9.17) is 0 Å². The number of carbonyl (C=O) groups is 2. The summed E-state index contributed by atoms with van der Waals surface area (Å²) in [5, 5.41) is 9.46. The van der Waals surface area contributed by atoms with Crippen molar-refractivity contribution in [2.45, 2.75) is 26.2 Å². The fourth-order valence-electron chi connectivity index (χ4n) is 3.26. The number of carboxylic acids is 1. The van der Waals surface area contributed by atoms with E-state index in [0.717, 1.165) is 37.1 Å². The molecule has 4 heteroatoms. The average Bonchev–Trinajstić information content (AvgIpc) is 2.61. The Bertz CT molecular complexity index is 759. The number of piperidine rings is 1. The van der Waals surface area contributed by atoms with Crippen LogP contribution in [-0.4, -0.2) is 35.0 Å². The minimum Gasteiger partial charge on any atom is -0.478 e. The van der Waals surface area contributed by atoms with Gasteiger partial charge in [0.05, 0.1) is 5.56 Å². The van der Waals surface area contributed by atoms with Gasteiger partial charge in [-0.15, -0.1) is 0 Å². The molecule has 3 rings (SSSR count). The normalized spacial score (nSPS) is 14.5. The van der Waals surface area contributed by atoms with Gasteiger partial charge in [0.1, 0.15) is 0 Å². The molecule has 4 nitrogen and oxygen atoms in total. The monoisotopic (exact) mass is 323 g/mol. The Balaban J connectivity index is 1.89. The molecule has 0 aromatic heterocycles. The van der Waals surface area contributed by atoms with Crippen LogP contribution in [0.1, 0.15) is 45.5 Å². The van der Waals surface area contributed by atoms with Gasteiger partial charge >= 0.3 is 5.97 Å². The number of amides is 1. The minimum absolute atomic E-state index is 0.0592. The summed E-state index contributed by atoms with van der Waals surface area (Å²) in [7, 11) is 0. The molecule has 0 bridgehead atoms. The summed E-state index contributed by atoms with van der Waals surface area (Å²) in [6, 6.07) is 12.7. The molecule has 0 saturated carbocycles. The molecule has 1 fully saturated rings. The highest BCUT2D eigenvalue weighted by Crippen LogP contribution is 2.27. The van der Waals surface area contributed by atoms with E-state index in [0.29, 0.717) is 16.7 Å². The molecule has 1 amide bonds. The maximum atomic E-state index is 12.5. The molecular formula is C20H21NO3. The minimum atomic E-state index is -0.934. The smallest absolute Gasteiger partial charge is 0.336 e. The van der Waals surface area contributed by atoms with Crippen molar-refractivity contribution >= 4 is 11.9 Å². The van der Waals surface area contributed by atoms with Crippen LogP contribution in [0.2, 0.25) is 0 Å². The Morgan fingerprint density at radius 1 is 0.958 bits per heavy atom. The zero-order valence-corrected chi connectivity index (χ0v) is 13.8. The Hall–Kier alpha value is -2.62. The molecule has 0 radical (unpaired) electrons. The lowest BCUT2D eigenvalue weighted by Gasteiger charge is -2.26. The number of carbonyl (C=O) groups excluding carboxylic acids is 1. The van der Waals surface area contributed by atoms with Gasteiger partial charge < -0.3 is 10.0 Å². The second kappa shape index (κ2) is 6.87. The van der Waals surface area contributed by atoms with Crippen LogP contribution in [0, 0.1) is 6.92 Å². The van der Waals surface area contributed by atoms with Crippen molar-refractivity contribution in [3.05, 3.63) is 59.2 Å². The highest BCUT2D eigenvalue weighted by atomic mass is 16.4. The number of nitrogens with zero attached hydrogens (tertiary/aromatic N) is 1. The van der Waals surface area contributed by atoms with E-state index in [1.807, 2.05) is 23.1 Å². The van der Waals surface area contributed by atoms with Crippen LogP contribution in [-0.2, 0) is 0 Å². The lowest BCUT2D eigenvalue weighted by molar-refractivity contribution is 0.0694.